The topological polar surface area (TPSA) is 52.3 Å². The molecular weight excluding hydrogens is 214 g/mol. The molecule has 2 N–H and O–H groups in total. The molecule has 2 aliphatic carbocycles. The average molecular weight is 239 g/mol. The third-order valence-electron chi connectivity index (χ3n) is 4.18. The lowest BCUT2D eigenvalue weighted by Crippen LogP contribution is -2.48. The van der Waals surface area contributed by atoms with Gasteiger partial charge in [0, 0.05) is 6.04 Å². The van der Waals surface area contributed by atoms with Gasteiger partial charge in [0.15, 0.2) is 0 Å². The minimum Gasteiger partial charge on any atom is -0.460 e. The molecule has 2 rings (SSSR count). The van der Waals surface area contributed by atoms with Gasteiger partial charge in [0.2, 0.25) is 0 Å². The number of nitrogens with two attached hydrogens (primary N) is 1. The van der Waals surface area contributed by atoms with E-state index < -0.39 is 0 Å². The van der Waals surface area contributed by atoms with Crippen LogP contribution in [0.5, 0.6) is 0 Å². The molecule has 0 bridgehead atoms. The second-order valence-electron chi connectivity index (χ2n) is 6.98. The van der Waals surface area contributed by atoms with Crippen LogP contribution in [0.2, 0.25) is 0 Å². The maximum absolute atomic E-state index is 11.9. The van der Waals surface area contributed by atoms with E-state index in [0.717, 1.165) is 38.5 Å². The van der Waals surface area contributed by atoms with Crippen LogP contribution < -0.4 is 5.73 Å². The zero-order chi connectivity index (χ0) is 12.7. The molecule has 2 saturated carbocycles. The van der Waals surface area contributed by atoms with Gasteiger partial charge >= 0.3 is 5.97 Å². The Hall–Kier alpha value is -0.570. The molecule has 0 saturated heterocycles. The Balaban J connectivity index is 1.81. The standard InChI is InChI=1S/C14H25NO2/c1-13(2,3)17-12(16)10-4-6-14(7-5-10)8-11(15)9-14/h10-11H,4-9,15H2,1-3H3. The lowest BCUT2D eigenvalue weighted by Gasteiger charge is -2.50. The number of ether oxygens (including phenoxy) is 1. The minimum absolute atomic E-state index is 0.00373. The molecule has 0 aromatic carbocycles. The Bertz CT molecular complexity index is 290. The van der Waals surface area contributed by atoms with Crippen LogP contribution in [0, 0.1) is 11.3 Å². The molecule has 0 atom stereocenters. The summed E-state index contributed by atoms with van der Waals surface area (Å²) in [5.74, 6) is 0.118. The monoisotopic (exact) mass is 239 g/mol. The van der Waals surface area contributed by atoms with Crippen LogP contribution in [0.15, 0.2) is 0 Å². The molecule has 3 heteroatoms. The second kappa shape index (κ2) is 4.27. The highest BCUT2D eigenvalue weighted by molar-refractivity contribution is 5.73. The van der Waals surface area contributed by atoms with Gasteiger partial charge in [-0.25, -0.2) is 0 Å². The van der Waals surface area contributed by atoms with Crippen molar-refractivity contribution in [3.63, 3.8) is 0 Å². The fourth-order valence-electron chi connectivity index (χ4n) is 3.31. The molecule has 0 aromatic heterocycles. The first-order valence-corrected chi connectivity index (χ1v) is 6.78. The van der Waals surface area contributed by atoms with Gasteiger partial charge in [-0.05, 0) is 64.7 Å². The minimum atomic E-state index is -0.356. The third kappa shape index (κ3) is 3.01. The lowest BCUT2D eigenvalue weighted by atomic mass is 9.57. The van der Waals surface area contributed by atoms with E-state index in [1.165, 1.54) is 0 Å². The number of hydrogen-bond acceptors (Lipinski definition) is 3. The molecule has 0 aliphatic heterocycles. The molecule has 0 radical (unpaired) electrons. The second-order valence-corrected chi connectivity index (χ2v) is 6.98. The first-order chi connectivity index (χ1) is 7.80. The summed E-state index contributed by atoms with van der Waals surface area (Å²) in [5, 5.41) is 0. The van der Waals surface area contributed by atoms with Gasteiger partial charge in [-0.1, -0.05) is 0 Å². The molecule has 2 fully saturated rings. The van der Waals surface area contributed by atoms with Crippen molar-refractivity contribution in [3.8, 4) is 0 Å². The van der Waals surface area contributed by atoms with E-state index >= 15 is 0 Å². The van der Waals surface area contributed by atoms with E-state index in [-0.39, 0.29) is 17.5 Å². The summed E-state index contributed by atoms with van der Waals surface area (Å²) in [7, 11) is 0. The van der Waals surface area contributed by atoms with Crippen LogP contribution in [0.4, 0.5) is 0 Å². The predicted molar refractivity (Wildman–Crippen MR) is 67.4 cm³/mol. The van der Waals surface area contributed by atoms with Gasteiger partial charge in [0.05, 0.1) is 5.92 Å². The van der Waals surface area contributed by atoms with Crippen molar-refractivity contribution in [1.82, 2.24) is 0 Å². The van der Waals surface area contributed by atoms with Crippen LogP contribution >= 0.6 is 0 Å². The highest BCUT2D eigenvalue weighted by atomic mass is 16.6. The molecule has 17 heavy (non-hydrogen) atoms. The third-order valence-corrected chi connectivity index (χ3v) is 4.18. The Kier molecular flexibility index (Phi) is 3.23. The smallest absolute Gasteiger partial charge is 0.309 e. The Morgan fingerprint density at radius 2 is 1.76 bits per heavy atom. The van der Waals surface area contributed by atoms with Crippen molar-refractivity contribution >= 4 is 5.97 Å². The largest absolute Gasteiger partial charge is 0.460 e. The summed E-state index contributed by atoms with van der Waals surface area (Å²) in [6.45, 7) is 5.79. The van der Waals surface area contributed by atoms with E-state index in [0.29, 0.717) is 11.5 Å². The van der Waals surface area contributed by atoms with Crippen LogP contribution in [0.1, 0.15) is 59.3 Å². The van der Waals surface area contributed by atoms with Crippen molar-refractivity contribution < 1.29 is 9.53 Å². The van der Waals surface area contributed by atoms with Crippen molar-refractivity contribution in [2.45, 2.75) is 70.9 Å². The van der Waals surface area contributed by atoms with E-state index in [2.05, 4.69) is 0 Å². The zero-order valence-corrected chi connectivity index (χ0v) is 11.3. The highest BCUT2D eigenvalue weighted by Crippen LogP contribution is 2.52. The summed E-state index contributed by atoms with van der Waals surface area (Å²) < 4.78 is 5.45. The van der Waals surface area contributed by atoms with Gasteiger partial charge < -0.3 is 10.5 Å². The average Bonchev–Trinajstić information content (AvgIpc) is 2.14. The molecule has 98 valence electrons. The molecule has 1 spiro atoms. The summed E-state index contributed by atoms with van der Waals surface area (Å²) >= 11 is 0. The highest BCUT2D eigenvalue weighted by Gasteiger charge is 2.45. The fraction of sp³-hybridized carbons (Fsp3) is 0.929. The van der Waals surface area contributed by atoms with E-state index in [1.807, 2.05) is 20.8 Å². The summed E-state index contributed by atoms with van der Waals surface area (Å²) in [6, 6.07) is 0.410. The van der Waals surface area contributed by atoms with Gasteiger partial charge in [0.1, 0.15) is 5.60 Å². The molecule has 3 nitrogen and oxygen atoms in total. The molecule has 0 unspecified atom stereocenters. The van der Waals surface area contributed by atoms with E-state index in [1.54, 1.807) is 0 Å². The van der Waals surface area contributed by atoms with E-state index in [4.69, 9.17) is 10.5 Å². The van der Waals surface area contributed by atoms with Gasteiger partial charge in [-0.3, -0.25) is 4.79 Å². The first kappa shape index (κ1) is 12.9. The molecular formula is C14H25NO2. The number of carbonyl (C=O) groups is 1. The van der Waals surface area contributed by atoms with Crippen LogP contribution in [0.3, 0.4) is 0 Å². The number of esters is 1. The molecule has 2 aliphatic rings. The van der Waals surface area contributed by atoms with Gasteiger partial charge in [0.25, 0.3) is 0 Å². The van der Waals surface area contributed by atoms with Crippen molar-refractivity contribution in [2.75, 3.05) is 0 Å². The molecule has 0 heterocycles. The maximum Gasteiger partial charge on any atom is 0.309 e. The Labute approximate surface area is 104 Å². The Morgan fingerprint density at radius 3 is 2.18 bits per heavy atom. The number of rotatable bonds is 1. The van der Waals surface area contributed by atoms with Gasteiger partial charge in [-0.2, -0.15) is 0 Å². The molecule has 0 aromatic rings. The van der Waals surface area contributed by atoms with Crippen molar-refractivity contribution in [1.29, 1.82) is 0 Å². The fourth-order valence-corrected chi connectivity index (χ4v) is 3.31. The van der Waals surface area contributed by atoms with Gasteiger partial charge in [-0.15, -0.1) is 0 Å². The number of hydrogen-bond donors (Lipinski definition) is 1. The Morgan fingerprint density at radius 1 is 1.24 bits per heavy atom. The summed E-state index contributed by atoms with van der Waals surface area (Å²) in [4.78, 5) is 11.9. The van der Waals surface area contributed by atoms with Crippen LogP contribution in [0.25, 0.3) is 0 Å². The maximum atomic E-state index is 11.9. The predicted octanol–water partition coefficient (Wildman–Crippen LogP) is 2.63. The molecule has 0 amide bonds. The summed E-state index contributed by atoms with van der Waals surface area (Å²) in [6.07, 6.45) is 6.61. The quantitative estimate of drug-likeness (QED) is 0.716. The van der Waals surface area contributed by atoms with Crippen LogP contribution in [-0.4, -0.2) is 17.6 Å². The van der Waals surface area contributed by atoms with Crippen molar-refractivity contribution in [2.24, 2.45) is 17.1 Å². The summed E-state index contributed by atoms with van der Waals surface area (Å²) in [5.41, 5.74) is 6.00. The van der Waals surface area contributed by atoms with E-state index in [9.17, 15) is 4.79 Å². The zero-order valence-electron chi connectivity index (χ0n) is 11.3. The lowest BCUT2D eigenvalue weighted by molar-refractivity contribution is -0.162. The first-order valence-electron chi connectivity index (χ1n) is 6.78. The normalized spacial score (nSPS) is 37.6. The number of carbonyl (C=O) groups excluding carboxylic acids is 1. The SMILES string of the molecule is CC(C)(C)OC(=O)C1CCC2(CC1)CC(N)C2. The van der Waals surface area contributed by atoms with Crippen LogP contribution in [-0.2, 0) is 9.53 Å². The van der Waals surface area contributed by atoms with Crippen molar-refractivity contribution in [3.05, 3.63) is 0 Å².